The molecule has 0 saturated heterocycles. The highest BCUT2D eigenvalue weighted by molar-refractivity contribution is 5.71. The summed E-state index contributed by atoms with van der Waals surface area (Å²) in [6, 6.07) is 0. The summed E-state index contributed by atoms with van der Waals surface area (Å²) in [4.78, 5) is 22.8. The van der Waals surface area contributed by atoms with Crippen LogP contribution in [0.2, 0.25) is 0 Å². The molecular weight excluding hydrogens is 448 g/mol. The predicted octanol–water partition coefficient (Wildman–Crippen LogP) is 2.55. The summed E-state index contributed by atoms with van der Waals surface area (Å²) in [5.74, 6) is -0.550. The van der Waals surface area contributed by atoms with Crippen LogP contribution in [0.3, 0.4) is 0 Å². The Bertz CT molecular complexity index is 479. The maximum atomic E-state index is 11.4. The largest absolute Gasteiger partial charge is 0.463 e. The van der Waals surface area contributed by atoms with Crippen molar-refractivity contribution in [2.75, 3.05) is 85.9 Å². The van der Waals surface area contributed by atoms with Crippen LogP contribution in [0.4, 0.5) is 0 Å². The molecule has 0 aliphatic carbocycles. The summed E-state index contributed by atoms with van der Waals surface area (Å²) < 4.78 is 42.3. The van der Waals surface area contributed by atoms with Gasteiger partial charge in [-0.15, -0.1) is 0 Å². The Labute approximate surface area is 204 Å². The van der Waals surface area contributed by atoms with Crippen molar-refractivity contribution >= 4 is 11.9 Å². The third kappa shape index (κ3) is 26.9. The Morgan fingerprint density at radius 2 is 0.971 bits per heavy atom. The molecule has 0 aliphatic rings. The van der Waals surface area contributed by atoms with Gasteiger partial charge in [0, 0.05) is 6.42 Å². The number of carbonyl (C=O) groups excluding carboxylic acids is 2. The standard InChI is InChI=1S/C24H46O10/c1-5-6-7-8-22(25)33-20-19-31-16-15-29-12-11-27-9-10-28-13-14-30-17-18-32-21-23(26)34-24(2,3)4/h5-21H2,1-4H3. The molecule has 0 saturated carbocycles. The maximum absolute atomic E-state index is 11.4. The van der Waals surface area contributed by atoms with Crippen LogP contribution in [0.5, 0.6) is 0 Å². The van der Waals surface area contributed by atoms with Gasteiger partial charge in [0.15, 0.2) is 0 Å². The lowest BCUT2D eigenvalue weighted by atomic mass is 10.2. The molecule has 10 heteroatoms. The fraction of sp³-hybridized carbons (Fsp3) is 0.917. The molecule has 0 aromatic heterocycles. The van der Waals surface area contributed by atoms with E-state index in [1.165, 1.54) is 0 Å². The van der Waals surface area contributed by atoms with Crippen molar-refractivity contribution in [1.29, 1.82) is 0 Å². The highest BCUT2D eigenvalue weighted by atomic mass is 16.6. The number of ether oxygens (including phenoxy) is 8. The van der Waals surface area contributed by atoms with Gasteiger partial charge in [0.1, 0.15) is 18.8 Å². The Balaban J connectivity index is 3.17. The molecule has 0 aliphatic heterocycles. The van der Waals surface area contributed by atoms with Crippen molar-refractivity contribution in [1.82, 2.24) is 0 Å². The van der Waals surface area contributed by atoms with Gasteiger partial charge >= 0.3 is 11.9 Å². The Morgan fingerprint density at radius 3 is 1.38 bits per heavy atom. The highest BCUT2D eigenvalue weighted by Crippen LogP contribution is 2.06. The number of esters is 2. The second-order valence-corrected chi connectivity index (χ2v) is 8.38. The minimum atomic E-state index is -0.507. The minimum absolute atomic E-state index is 0.0818. The van der Waals surface area contributed by atoms with E-state index in [9.17, 15) is 9.59 Å². The third-order valence-corrected chi connectivity index (χ3v) is 3.98. The van der Waals surface area contributed by atoms with Gasteiger partial charge in [-0.1, -0.05) is 19.8 Å². The van der Waals surface area contributed by atoms with E-state index in [0.717, 1.165) is 19.3 Å². The first-order chi connectivity index (χ1) is 16.3. The average Bonchev–Trinajstić information content (AvgIpc) is 2.76. The van der Waals surface area contributed by atoms with E-state index in [0.29, 0.717) is 79.1 Å². The molecule has 0 heterocycles. The van der Waals surface area contributed by atoms with Crippen LogP contribution in [-0.4, -0.2) is 103 Å². The fourth-order valence-corrected chi connectivity index (χ4v) is 2.43. The molecule has 0 amide bonds. The summed E-state index contributed by atoms with van der Waals surface area (Å²) in [6.45, 7) is 12.5. The van der Waals surface area contributed by atoms with Crippen LogP contribution in [0, 0.1) is 0 Å². The molecule has 0 radical (unpaired) electrons. The van der Waals surface area contributed by atoms with Crippen molar-refractivity contribution in [3.05, 3.63) is 0 Å². The van der Waals surface area contributed by atoms with Gasteiger partial charge in [0.05, 0.1) is 72.7 Å². The van der Waals surface area contributed by atoms with Crippen LogP contribution < -0.4 is 0 Å². The normalized spacial score (nSPS) is 11.5. The molecule has 0 bridgehead atoms. The number of carbonyl (C=O) groups is 2. The van der Waals surface area contributed by atoms with Crippen LogP contribution in [0.1, 0.15) is 53.4 Å². The van der Waals surface area contributed by atoms with Crippen molar-refractivity contribution in [2.24, 2.45) is 0 Å². The minimum Gasteiger partial charge on any atom is -0.463 e. The summed E-state index contributed by atoms with van der Waals surface area (Å²) in [7, 11) is 0. The van der Waals surface area contributed by atoms with Gasteiger partial charge in [-0.3, -0.25) is 4.79 Å². The lowest BCUT2D eigenvalue weighted by Gasteiger charge is -2.19. The highest BCUT2D eigenvalue weighted by Gasteiger charge is 2.15. The lowest BCUT2D eigenvalue weighted by Crippen LogP contribution is -2.27. The molecule has 0 N–H and O–H groups in total. The van der Waals surface area contributed by atoms with E-state index in [-0.39, 0.29) is 25.2 Å². The molecule has 0 aromatic rings. The SMILES string of the molecule is CCCCCC(=O)OCCOCCOCCOCCOCCOCCOCC(=O)OC(C)(C)C. The zero-order valence-corrected chi connectivity index (χ0v) is 21.6. The molecule has 0 unspecified atom stereocenters. The van der Waals surface area contributed by atoms with Crippen LogP contribution in [0.15, 0.2) is 0 Å². The van der Waals surface area contributed by atoms with Gasteiger partial charge in [0.2, 0.25) is 0 Å². The Hall–Kier alpha value is -1.30. The molecular formula is C24H46O10. The zero-order chi connectivity index (χ0) is 25.3. The van der Waals surface area contributed by atoms with Crippen molar-refractivity contribution < 1.29 is 47.5 Å². The molecule has 0 atom stereocenters. The summed E-state index contributed by atoms with van der Waals surface area (Å²) >= 11 is 0. The second-order valence-electron chi connectivity index (χ2n) is 8.38. The van der Waals surface area contributed by atoms with E-state index >= 15 is 0 Å². The zero-order valence-electron chi connectivity index (χ0n) is 21.6. The van der Waals surface area contributed by atoms with E-state index in [2.05, 4.69) is 6.92 Å². The molecule has 0 rings (SSSR count). The van der Waals surface area contributed by atoms with Crippen LogP contribution in [-0.2, 0) is 47.5 Å². The first-order valence-corrected chi connectivity index (χ1v) is 12.2. The third-order valence-electron chi connectivity index (χ3n) is 3.98. The predicted molar refractivity (Wildman–Crippen MR) is 126 cm³/mol. The number of hydrogen-bond donors (Lipinski definition) is 0. The average molecular weight is 495 g/mol. The van der Waals surface area contributed by atoms with E-state index in [1.54, 1.807) is 0 Å². The molecule has 0 aromatic carbocycles. The topological polar surface area (TPSA) is 108 Å². The molecule has 10 nitrogen and oxygen atoms in total. The van der Waals surface area contributed by atoms with Gasteiger partial charge < -0.3 is 37.9 Å². The fourth-order valence-electron chi connectivity index (χ4n) is 2.43. The van der Waals surface area contributed by atoms with Crippen LogP contribution >= 0.6 is 0 Å². The first kappa shape index (κ1) is 32.7. The summed E-state index contributed by atoms with van der Waals surface area (Å²) in [5, 5.41) is 0. The van der Waals surface area contributed by atoms with Gasteiger partial charge in [0.25, 0.3) is 0 Å². The Kier molecular flexibility index (Phi) is 22.5. The van der Waals surface area contributed by atoms with Gasteiger partial charge in [-0.05, 0) is 27.2 Å². The monoisotopic (exact) mass is 494 g/mol. The number of unbranched alkanes of at least 4 members (excludes halogenated alkanes) is 2. The molecule has 0 fully saturated rings. The second kappa shape index (κ2) is 23.4. The van der Waals surface area contributed by atoms with Crippen molar-refractivity contribution in [3.8, 4) is 0 Å². The maximum Gasteiger partial charge on any atom is 0.332 e. The number of rotatable bonds is 24. The van der Waals surface area contributed by atoms with E-state index in [4.69, 9.17) is 37.9 Å². The smallest absolute Gasteiger partial charge is 0.332 e. The summed E-state index contributed by atoms with van der Waals surface area (Å²) in [6.07, 6.45) is 3.49. The summed E-state index contributed by atoms with van der Waals surface area (Å²) in [5.41, 5.74) is -0.507. The Morgan fingerprint density at radius 1 is 0.559 bits per heavy atom. The van der Waals surface area contributed by atoms with Crippen LogP contribution in [0.25, 0.3) is 0 Å². The molecule has 34 heavy (non-hydrogen) atoms. The molecule has 202 valence electrons. The van der Waals surface area contributed by atoms with Crippen molar-refractivity contribution in [3.63, 3.8) is 0 Å². The van der Waals surface area contributed by atoms with E-state index in [1.807, 2.05) is 20.8 Å². The number of hydrogen-bond acceptors (Lipinski definition) is 10. The van der Waals surface area contributed by atoms with Gasteiger partial charge in [-0.25, -0.2) is 4.79 Å². The van der Waals surface area contributed by atoms with Crippen molar-refractivity contribution in [2.45, 2.75) is 59.0 Å². The van der Waals surface area contributed by atoms with E-state index < -0.39 is 5.60 Å². The quantitative estimate of drug-likeness (QED) is 0.147. The molecule has 0 spiro atoms. The lowest BCUT2D eigenvalue weighted by molar-refractivity contribution is -0.160. The first-order valence-electron chi connectivity index (χ1n) is 12.2. The van der Waals surface area contributed by atoms with Gasteiger partial charge in [-0.2, -0.15) is 0 Å².